The average molecular weight is 466 g/mol. The van der Waals surface area contributed by atoms with E-state index in [0.29, 0.717) is 33.3 Å². The first-order valence-electron chi connectivity index (χ1n) is 10.3. The van der Waals surface area contributed by atoms with Gasteiger partial charge in [-0.15, -0.1) is 0 Å². The molecule has 7 nitrogen and oxygen atoms in total. The van der Waals surface area contributed by atoms with E-state index in [0.717, 1.165) is 5.56 Å². The van der Waals surface area contributed by atoms with E-state index in [1.165, 1.54) is 14.2 Å². The second-order valence-electron chi connectivity index (χ2n) is 7.79. The van der Waals surface area contributed by atoms with Crippen molar-refractivity contribution in [1.29, 1.82) is 0 Å². The van der Waals surface area contributed by atoms with Gasteiger partial charge < -0.3 is 19.3 Å². The molecule has 4 rings (SSSR count). The van der Waals surface area contributed by atoms with E-state index in [1.54, 1.807) is 78.8 Å². The molecule has 170 valence electrons. The van der Waals surface area contributed by atoms with Gasteiger partial charge in [-0.25, -0.2) is 0 Å². The normalized spacial score (nSPS) is 17.4. The van der Waals surface area contributed by atoms with Gasteiger partial charge in [-0.1, -0.05) is 17.7 Å². The Hall–Kier alpha value is -3.58. The number of anilines is 1. The van der Waals surface area contributed by atoms with Crippen molar-refractivity contribution >= 4 is 29.1 Å². The monoisotopic (exact) mass is 465 g/mol. The number of halogens is 1. The zero-order chi connectivity index (χ0) is 23.7. The summed E-state index contributed by atoms with van der Waals surface area (Å²) in [5.41, 5.74) is 2.43. The maximum atomic E-state index is 14.0. The van der Waals surface area contributed by atoms with Crippen LogP contribution in [0, 0.1) is 0 Å². The smallest absolute Gasteiger partial charge is 0.254 e. The molecule has 0 saturated carbocycles. The molecule has 0 saturated heterocycles. The van der Waals surface area contributed by atoms with Gasteiger partial charge in [0.1, 0.15) is 0 Å². The highest BCUT2D eigenvalue weighted by Crippen LogP contribution is 2.46. The third-order valence-electron chi connectivity index (χ3n) is 6.01. The molecular weight excluding hydrogens is 442 g/mol. The lowest BCUT2D eigenvalue weighted by Crippen LogP contribution is -2.46. The number of nitrogens with zero attached hydrogens (tertiary/aromatic N) is 3. The second-order valence-corrected chi connectivity index (χ2v) is 8.23. The Morgan fingerprint density at radius 2 is 1.76 bits per heavy atom. The lowest BCUT2D eigenvalue weighted by molar-refractivity contribution is -0.121. The number of likely N-dealkylation sites (N-methyl/N-ethyl adjacent to an activating group) is 2. The summed E-state index contributed by atoms with van der Waals surface area (Å²) >= 11 is 6.03. The summed E-state index contributed by atoms with van der Waals surface area (Å²) in [5, 5.41) is 0.581. The molecule has 0 radical (unpaired) electrons. The molecule has 1 aliphatic rings. The van der Waals surface area contributed by atoms with E-state index in [1.807, 2.05) is 6.07 Å². The van der Waals surface area contributed by atoms with E-state index < -0.39 is 12.0 Å². The second kappa shape index (κ2) is 9.11. The van der Waals surface area contributed by atoms with Crippen LogP contribution in [0.25, 0.3) is 0 Å². The van der Waals surface area contributed by atoms with Gasteiger partial charge in [0.25, 0.3) is 5.91 Å². The van der Waals surface area contributed by atoms with Crippen molar-refractivity contribution < 1.29 is 19.1 Å². The van der Waals surface area contributed by atoms with Crippen LogP contribution < -0.4 is 14.4 Å². The number of carbonyl (C=O) groups is 2. The number of benzene rings is 2. The first-order chi connectivity index (χ1) is 15.9. The quantitative estimate of drug-likeness (QED) is 0.561. The number of methoxy groups -OCH3 is 2. The Labute approximate surface area is 197 Å². The standard InChI is InChI=1S/C25H24ClN3O4/c1-28(17-9-7-16(26)8-10-17)25(31)22-18-12-20(32-3)21(33-4)13-19(18)24(30)29(2)23(22)15-6-5-11-27-14-15/h5-14,22-23H,1-4H3/t22-,23-/m0/s1. The molecule has 3 aromatic rings. The van der Waals surface area contributed by atoms with Crippen LogP contribution >= 0.6 is 11.6 Å². The van der Waals surface area contributed by atoms with Gasteiger partial charge in [-0.05, 0) is 53.6 Å². The molecule has 2 aromatic carbocycles. The summed E-state index contributed by atoms with van der Waals surface area (Å²) in [6.45, 7) is 0. The van der Waals surface area contributed by atoms with Crippen molar-refractivity contribution in [3.8, 4) is 11.5 Å². The first kappa shape index (κ1) is 22.6. The van der Waals surface area contributed by atoms with Crippen LogP contribution in [0.5, 0.6) is 11.5 Å². The van der Waals surface area contributed by atoms with Gasteiger partial charge in [0.15, 0.2) is 11.5 Å². The van der Waals surface area contributed by atoms with Crippen molar-refractivity contribution in [3.05, 3.63) is 82.6 Å². The number of amides is 2. The van der Waals surface area contributed by atoms with Crippen LogP contribution in [-0.4, -0.2) is 50.0 Å². The molecule has 33 heavy (non-hydrogen) atoms. The Morgan fingerprint density at radius 3 is 2.36 bits per heavy atom. The van der Waals surface area contributed by atoms with Crippen LogP contribution in [0.2, 0.25) is 5.02 Å². The predicted molar refractivity (Wildman–Crippen MR) is 126 cm³/mol. The molecule has 0 bridgehead atoms. The molecule has 0 spiro atoms. The van der Waals surface area contributed by atoms with E-state index >= 15 is 0 Å². The fraction of sp³-hybridized carbons (Fsp3) is 0.240. The van der Waals surface area contributed by atoms with Gasteiger partial charge in [0, 0.05) is 42.8 Å². The minimum Gasteiger partial charge on any atom is -0.493 e. The third kappa shape index (κ3) is 4.00. The number of carbonyl (C=O) groups excluding carboxylic acids is 2. The summed E-state index contributed by atoms with van der Waals surface area (Å²) in [4.78, 5) is 34.8. The Kier molecular flexibility index (Phi) is 6.24. The van der Waals surface area contributed by atoms with Gasteiger partial charge in [-0.3, -0.25) is 14.6 Å². The maximum absolute atomic E-state index is 14.0. The van der Waals surface area contributed by atoms with Crippen molar-refractivity contribution in [2.75, 3.05) is 33.2 Å². The Bertz CT molecular complexity index is 1180. The molecule has 2 atom stereocenters. The van der Waals surface area contributed by atoms with E-state index in [2.05, 4.69) is 4.98 Å². The minimum absolute atomic E-state index is 0.181. The molecule has 1 aliphatic heterocycles. The van der Waals surface area contributed by atoms with E-state index in [4.69, 9.17) is 21.1 Å². The summed E-state index contributed by atoms with van der Waals surface area (Å²) in [7, 11) is 6.44. The molecule has 0 N–H and O–H groups in total. The fourth-order valence-corrected chi connectivity index (χ4v) is 4.41. The number of hydrogen-bond acceptors (Lipinski definition) is 5. The number of rotatable bonds is 5. The van der Waals surface area contributed by atoms with Crippen molar-refractivity contribution in [1.82, 2.24) is 9.88 Å². The number of ether oxygens (including phenoxy) is 2. The fourth-order valence-electron chi connectivity index (χ4n) is 4.28. The Balaban J connectivity index is 1.91. The molecule has 0 unspecified atom stereocenters. The van der Waals surface area contributed by atoms with Crippen molar-refractivity contribution in [2.24, 2.45) is 0 Å². The first-order valence-corrected chi connectivity index (χ1v) is 10.7. The van der Waals surface area contributed by atoms with Crippen LogP contribution in [0.1, 0.15) is 33.4 Å². The zero-order valence-corrected chi connectivity index (χ0v) is 19.5. The van der Waals surface area contributed by atoms with Crippen molar-refractivity contribution in [2.45, 2.75) is 12.0 Å². The maximum Gasteiger partial charge on any atom is 0.254 e. The highest BCUT2D eigenvalue weighted by Gasteiger charge is 2.44. The molecule has 1 aromatic heterocycles. The highest BCUT2D eigenvalue weighted by molar-refractivity contribution is 6.30. The van der Waals surface area contributed by atoms with Gasteiger partial charge in [0.2, 0.25) is 5.91 Å². The number of hydrogen-bond donors (Lipinski definition) is 0. The summed E-state index contributed by atoms with van der Waals surface area (Å²) in [6.07, 6.45) is 3.34. The van der Waals surface area contributed by atoms with Gasteiger partial charge >= 0.3 is 0 Å². The number of aromatic nitrogens is 1. The van der Waals surface area contributed by atoms with E-state index in [-0.39, 0.29) is 11.8 Å². The Morgan fingerprint density at radius 1 is 1.09 bits per heavy atom. The van der Waals surface area contributed by atoms with Crippen LogP contribution in [0.3, 0.4) is 0 Å². The average Bonchev–Trinajstić information content (AvgIpc) is 2.85. The molecular formula is C25H24ClN3O4. The van der Waals surface area contributed by atoms with Gasteiger partial charge in [0.05, 0.1) is 26.2 Å². The van der Waals surface area contributed by atoms with Crippen LogP contribution in [-0.2, 0) is 4.79 Å². The molecule has 8 heteroatoms. The largest absolute Gasteiger partial charge is 0.493 e. The molecule has 2 heterocycles. The lowest BCUT2D eigenvalue weighted by atomic mass is 9.79. The molecule has 0 fully saturated rings. The number of fused-ring (bicyclic) bond motifs is 1. The topological polar surface area (TPSA) is 72.0 Å². The lowest BCUT2D eigenvalue weighted by Gasteiger charge is -2.41. The third-order valence-corrected chi connectivity index (χ3v) is 6.26. The molecule has 0 aliphatic carbocycles. The SMILES string of the molecule is COc1cc2c(cc1OC)[C@H](C(=O)N(C)c1ccc(Cl)cc1)[C@H](c1cccnc1)N(C)C2=O. The predicted octanol–water partition coefficient (Wildman–Crippen LogP) is 4.33. The summed E-state index contributed by atoms with van der Waals surface area (Å²) < 4.78 is 10.9. The van der Waals surface area contributed by atoms with Gasteiger partial charge in [-0.2, -0.15) is 0 Å². The number of pyridine rings is 1. The minimum atomic E-state index is -0.701. The summed E-state index contributed by atoms with van der Waals surface area (Å²) in [6, 6.07) is 13.5. The zero-order valence-electron chi connectivity index (χ0n) is 18.8. The summed E-state index contributed by atoms with van der Waals surface area (Å²) in [5.74, 6) is -0.218. The van der Waals surface area contributed by atoms with Crippen LogP contribution in [0.15, 0.2) is 60.9 Å². The van der Waals surface area contributed by atoms with Crippen LogP contribution in [0.4, 0.5) is 5.69 Å². The highest BCUT2D eigenvalue weighted by atomic mass is 35.5. The van der Waals surface area contributed by atoms with Crippen molar-refractivity contribution in [3.63, 3.8) is 0 Å². The van der Waals surface area contributed by atoms with E-state index in [9.17, 15) is 9.59 Å². The molecule has 2 amide bonds.